The van der Waals surface area contributed by atoms with E-state index in [4.69, 9.17) is 9.84 Å². The van der Waals surface area contributed by atoms with E-state index in [2.05, 4.69) is 0 Å². The topological polar surface area (TPSA) is 66.8 Å². The first-order chi connectivity index (χ1) is 9.47. The third kappa shape index (κ3) is 3.73. The molecule has 0 radical (unpaired) electrons. The summed E-state index contributed by atoms with van der Waals surface area (Å²) >= 11 is 0. The molecule has 0 aliphatic heterocycles. The molecular weight excluding hydrogens is 258 g/mol. The fraction of sp³-hybridized carbons (Fsp3) is 0.467. The van der Waals surface area contributed by atoms with E-state index < -0.39 is 5.97 Å². The van der Waals surface area contributed by atoms with Gasteiger partial charge in [-0.2, -0.15) is 0 Å². The second-order valence-corrected chi connectivity index (χ2v) is 5.18. The van der Waals surface area contributed by atoms with Gasteiger partial charge in [0.15, 0.2) is 6.61 Å². The van der Waals surface area contributed by atoms with Crippen LogP contribution in [0.4, 0.5) is 0 Å². The van der Waals surface area contributed by atoms with Gasteiger partial charge >= 0.3 is 5.97 Å². The highest BCUT2D eigenvalue weighted by atomic mass is 16.5. The van der Waals surface area contributed by atoms with Crippen LogP contribution >= 0.6 is 0 Å². The monoisotopic (exact) mass is 277 g/mol. The summed E-state index contributed by atoms with van der Waals surface area (Å²) in [6, 6.07) is 5.70. The van der Waals surface area contributed by atoms with Crippen molar-refractivity contribution in [2.24, 2.45) is 0 Å². The van der Waals surface area contributed by atoms with Gasteiger partial charge in [-0.3, -0.25) is 9.59 Å². The van der Waals surface area contributed by atoms with E-state index in [1.807, 2.05) is 32.0 Å². The molecular formula is C15H19NO4. The fourth-order valence-corrected chi connectivity index (χ4v) is 1.98. The summed E-state index contributed by atoms with van der Waals surface area (Å²) in [4.78, 5) is 24.2. The maximum Gasteiger partial charge on any atom is 0.323 e. The zero-order valence-electron chi connectivity index (χ0n) is 11.8. The molecule has 1 aliphatic rings. The van der Waals surface area contributed by atoms with Crippen LogP contribution in [0.15, 0.2) is 18.2 Å². The smallest absolute Gasteiger partial charge is 0.323 e. The SMILES string of the molecule is Cc1ccc(OCC(=O)N(CC(=O)O)C2CC2)cc1C. The first-order valence-electron chi connectivity index (χ1n) is 6.68. The fourth-order valence-electron chi connectivity index (χ4n) is 1.98. The lowest BCUT2D eigenvalue weighted by Gasteiger charge is -2.20. The van der Waals surface area contributed by atoms with Crippen molar-refractivity contribution >= 4 is 11.9 Å². The van der Waals surface area contributed by atoms with Crippen LogP contribution in [0.1, 0.15) is 24.0 Å². The Kier molecular flexibility index (Phi) is 4.27. The van der Waals surface area contributed by atoms with E-state index in [1.165, 1.54) is 4.90 Å². The molecule has 2 rings (SSSR count). The van der Waals surface area contributed by atoms with Crippen molar-refractivity contribution in [1.82, 2.24) is 4.90 Å². The quantitative estimate of drug-likeness (QED) is 0.860. The molecule has 0 spiro atoms. The minimum absolute atomic E-state index is 0.0713. The second-order valence-electron chi connectivity index (χ2n) is 5.18. The van der Waals surface area contributed by atoms with E-state index in [-0.39, 0.29) is 25.1 Å². The number of ether oxygens (including phenoxy) is 1. The first kappa shape index (κ1) is 14.4. The van der Waals surface area contributed by atoms with Crippen LogP contribution in [0.3, 0.4) is 0 Å². The largest absolute Gasteiger partial charge is 0.484 e. The number of amides is 1. The number of benzene rings is 1. The molecule has 0 aromatic heterocycles. The summed E-state index contributed by atoms with van der Waals surface area (Å²) in [6.45, 7) is 3.61. The average Bonchev–Trinajstić information content (AvgIpc) is 3.21. The zero-order chi connectivity index (χ0) is 14.7. The number of hydrogen-bond acceptors (Lipinski definition) is 3. The number of carbonyl (C=O) groups is 2. The van der Waals surface area contributed by atoms with E-state index >= 15 is 0 Å². The van der Waals surface area contributed by atoms with Crippen LogP contribution < -0.4 is 4.74 Å². The number of rotatable bonds is 6. The molecule has 0 atom stereocenters. The molecule has 1 aromatic carbocycles. The summed E-state index contributed by atoms with van der Waals surface area (Å²) in [5.74, 6) is -0.628. The molecule has 0 saturated heterocycles. The Morgan fingerprint density at radius 2 is 2.00 bits per heavy atom. The average molecular weight is 277 g/mol. The molecule has 0 unspecified atom stereocenters. The van der Waals surface area contributed by atoms with Crippen LogP contribution in [0.5, 0.6) is 5.75 Å². The summed E-state index contributed by atoms with van der Waals surface area (Å²) in [7, 11) is 0. The molecule has 108 valence electrons. The molecule has 1 N–H and O–H groups in total. The van der Waals surface area contributed by atoms with Gasteiger partial charge in [0.05, 0.1) is 0 Å². The predicted octanol–water partition coefficient (Wildman–Crippen LogP) is 1.76. The minimum atomic E-state index is -0.989. The molecule has 0 heterocycles. The van der Waals surface area contributed by atoms with E-state index in [0.717, 1.165) is 24.0 Å². The van der Waals surface area contributed by atoms with Gasteiger partial charge in [0.25, 0.3) is 5.91 Å². The molecule has 0 bridgehead atoms. The van der Waals surface area contributed by atoms with Gasteiger partial charge in [-0.25, -0.2) is 0 Å². The third-order valence-corrected chi connectivity index (χ3v) is 3.45. The number of nitrogens with zero attached hydrogens (tertiary/aromatic N) is 1. The van der Waals surface area contributed by atoms with Crippen LogP contribution in [-0.2, 0) is 9.59 Å². The maximum atomic E-state index is 12.0. The van der Waals surface area contributed by atoms with Crippen molar-refractivity contribution < 1.29 is 19.4 Å². The van der Waals surface area contributed by atoms with Gasteiger partial charge in [-0.05, 0) is 49.9 Å². The first-order valence-corrected chi connectivity index (χ1v) is 6.68. The van der Waals surface area contributed by atoms with Gasteiger partial charge in [-0.1, -0.05) is 6.07 Å². The predicted molar refractivity (Wildman–Crippen MR) is 73.8 cm³/mol. The van der Waals surface area contributed by atoms with Crippen molar-refractivity contribution in [3.63, 3.8) is 0 Å². The van der Waals surface area contributed by atoms with Gasteiger partial charge in [0, 0.05) is 6.04 Å². The van der Waals surface area contributed by atoms with Crippen molar-refractivity contribution in [3.8, 4) is 5.75 Å². The van der Waals surface area contributed by atoms with Gasteiger partial charge in [0.2, 0.25) is 0 Å². The molecule has 1 aromatic rings. The summed E-state index contributed by atoms with van der Waals surface area (Å²) < 4.78 is 5.46. The van der Waals surface area contributed by atoms with Crippen molar-refractivity contribution in [2.45, 2.75) is 32.7 Å². The van der Waals surface area contributed by atoms with Crippen molar-refractivity contribution in [3.05, 3.63) is 29.3 Å². The second kappa shape index (κ2) is 5.94. The number of carboxylic acid groups (broad SMARTS) is 1. The lowest BCUT2D eigenvalue weighted by molar-refractivity contribution is -0.145. The molecule has 1 aliphatic carbocycles. The highest BCUT2D eigenvalue weighted by Crippen LogP contribution is 2.26. The molecule has 1 amide bonds. The molecule has 20 heavy (non-hydrogen) atoms. The Hall–Kier alpha value is -2.04. The molecule has 5 heteroatoms. The Morgan fingerprint density at radius 1 is 1.30 bits per heavy atom. The van der Waals surface area contributed by atoms with E-state index in [9.17, 15) is 9.59 Å². The highest BCUT2D eigenvalue weighted by molar-refractivity contribution is 5.83. The number of carbonyl (C=O) groups excluding carboxylic acids is 1. The Balaban J connectivity index is 1.92. The minimum Gasteiger partial charge on any atom is -0.484 e. The number of carboxylic acids is 1. The Morgan fingerprint density at radius 3 is 2.55 bits per heavy atom. The number of aliphatic carboxylic acids is 1. The number of aryl methyl sites for hydroxylation is 2. The van der Waals surface area contributed by atoms with E-state index in [0.29, 0.717) is 5.75 Å². The van der Waals surface area contributed by atoms with Gasteiger partial charge in [0.1, 0.15) is 12.3 Å². The van der Waals surface area contributed by atoms with Gasteiger partial charge in [-0.15, -0.1) is 0 Å². The van der Waals surface area contributed by atoms with Crippen LogP contribution in [0, 0.1) is 13.8 Å². The standard InChI is InChI=1S/C15H19NO4/c1-10-3-6-13(7-11(10)2)20-9-14(17)16(8-15(18)19)12-4-5-12/h3,6-7,12H,4-5,8-9H2,1-2H3,(H,18,19). The van der Waals surface area contributed by atoms with E-state index in [1.54, 1.807) is 0 Å². The van der Waals surface area contributed by atoms with Crippen LogP contribution in [-0.4, -0.2) is 41.1 Å². The van der Waals surface area contributed by atoms with Gasteiger partial charge < -0.3 is 14.7 Å². The normalized spacial score (nSPS) is 13.9. The maximum absolute atomic E-state index is 12.0. The van der Waals surface area contributed by atoms with Crippen LogP contribution in [0.2, 0.25) is 0 Å². The lowest BCUT2D eigenvalue weighted by Crippen LogP contribution is -2.40. The van der Waals surface area contributed by atoms with Crippen molar-refractivity contribution in [1.29, 1.82) is 0 Å². The lowest BCUT2D eigenvalue weighted by atomic mass is 10.1. The summed E-state index contributed by atoms with van der Waals surface area (Å²) in [5, 5.41) is 8.83. The highest BCUT2D eigenvalue weighted by Gasteiger charge is 2.33. The molecule has 5 nitrogen and oxygen atoms in total. The van der Waals surface area contributed by atoms with Crippen LogP contribution in [0.25, 0.3) is 0 Å². The Bertz CT molecular complexity index is 523. The molecule has 1 saturated carbocycles. The summed E-state index contributed by atoms with van der Waals surface area (Å²) in [5.41, 5.74) is 2.26. The Labute approximate surface area is 118 Å². The van der Waals surface area contributed by atoms with Crippen molar-refractivity contribution in [2.75, 3.05) is 13.2 Å². The number of hydrogen-bond donors (Lipinski definition) is 1. The summed E-state index contributed by atoms with van der Waals surface area (Å²) in [6.07, 6.45) is 1.76. The molecule has 1 fully saturated rings. The third-order valence-electron chi connectivity index (χ3n) is 3.45. The zero-order valence-corrected chi connectivity index (χ0v) is 11.8.